The van der Waals surface area contributed by atoms with Gasteiger partial charge in [0.05, 0.1) is 29.9 Å². The molecule has 1 N–H and O–H groups in total. The maximum absolute atomic E-state index is 12.6. The fourth-order valence-corrected chi connectivity index (χ4v) is 2.90. The monoisotopic (exact) mass is 341 g/mol. The van der Waals surface area contributed by atoms with Gasteiger partial charge in [-0.05, 0) is 29.3 Å². The second-order valence-corrected chi connectivity index (χ2v) is 6.07. The summed E-state index contributed by atoms with van der Waals surface area (Å²) in [7, 11) is 0. The number of hydrogen-bond donors (Lipinski definition) is 1. The smallest absolute Gasteiger partial charge is 0.188 e. The fraction of sp³-hybridized carbons (Fsp3) is 0.100. The van der Waals surface area contributed by atoms with Crippen molar-refractivity contribution in [2.75, 3.05) is 0 Å². The normalized spacial score (nSPS) is 10.7. The van der Waals surface area contributed by atoms with Crippen molar-refractivity contribution in [3.8, 4) is 6.07 Å². The van der Waals surface area contributed by atoms with E-state index in [2.05, 4.69) is 21.4 Å². The van der Waals surface area contributed by atoms with Gasteiger partial charge in [0.2, 0.25) is 0 Å². The molecule has 0 aliphatic rings. The summed E-state index contributed by atoms with van der Waals surface area (Å²) in [5.41, 5.74) is 3.83. The van der Waals surface area contributed by atoms with Crippen molar-refractivity contribution in [2.24, 2.45) is 0 Å². The van der Waals surface area contributed by atoms with Crippen LogP contribution in [0.25, 0.3) is 10.9 Å². The third kappa shape index (κ3) is 3.10. The molecule has 0 amide bonds. The van der Waals surface area contributed by atoms with Gasteiger partial charge in [0, 0.05) is 18.0 Å². The lowest BCUT2D eigenvalue weighted by Crippen LogP contribution is -2.04. The minimum absolute atomic E-state index is 0.0413. The van der Waals surface area contributed by atoms with Crippen LogP contribution in [0.2, 0.25) is 0 Å². The maximum Gasteiger partial charge on any atom is 0.188 e. The van der Waals surface area contributed by atoms with E-state index in [4.69, 9.17) is 5.26 Å². The van der Waals surface area contributed by atoms with Gasteiger partial charge in [0.25, 0.3) is 0 Å². The molecule has 0 saturated heterocycles. The zero-order chi connectivity index (χ0) is 17.9. The molecule has 6 nitrogen and oxygen atoms in total. The first kappa shape index (κ1) is 15.8. The zero-order valence-corrected chi connectivity index (χ0v) is 13.9. The molecule has 6 heteroatoms. The minimum atomic E-state index is -0.0413. The molecule has 0 radical (unpaired) electrons. The Labute approximate surface area is 149 Å². The molecule has 0 unspecified atom stereocenters. The Balaban J connectivity index is 1.47. The highest BCUT2D eigenvalue weighted by Crippen LogP contribution is 2.17. The molecule has 0 fully saturated rings. The number of H-pyrrole nitrogens is 1. The van der Waals surface area contributed by atoms with E-state index in [9.17, 15) is 4.79 Å². The lowest BCUT2D eigenvalue weighted by molar-refractivity contribution is 0.0989. The van der Waals surface area contributed by atoms with Crippen LogP contribution in [0.1, 0.15) is 27.2 Å². The van der Waals surface area contributed by atoms with Crippen LogP contribution in [-0.2, 0) is 13.0 Å². The van der Waals surface area contributed by atoms with Crippen molar-refractivity contribution >= 4 is 16.7 Å². The third-order valence-electron chi connectivity index (χ3n) is 4.21. The van der Waals surface area contributed by atoms with E-state index >= 15 is 0 Å². The maximum atomic E-state index is 12.6. The van der Waals surface area contributed by atoms with E-state index in [-0.39, 0.29) is 12.2 Å². The van der Waals surface area contributed by atoms with E-state index in [0.717, 1.165) is 22.0 Å². The van der Waals surface area contributed by atoms with E-state index in [1.807, 2.05) is 42.6 Å². The number of ketones is 1. The zero-order valence-electron chi connectivity index (χ0n) is 13.9. The molecule has 0 spiro atoms. The Bertz CT molecular complexity index is 1120. The van der Waals surface area contributed by atoms with Crippen LogP contribution in [0.4, 0.5) is 0 Å². The number of fused-ring (bicyclic) bond motifs is 1. The average molecular weight is 341 g/mol. The summed E-state index contributed by atoms with van der Waals surface area (Å²) in [6.45, 7) is 0.589. The van der Waals surface area contributed by atoms with Gasteiger partial charge in [-0.1, -0.05) is 30.3 Å². The van der Waals surface area contributed by atoms with Gasteiger partial charge in [0.15, 0.2) is 5.78 Å². The van der Waals surface area contributed by atoms with Gasteiger partial charge in [0.1, 0.15) is 5.69 Å². The summed E-state index contributed by atoms with van der Waals surface area (Å²) in [6, 6.07) is 17.1. The predicted octanol–water partition coefficient (Wildman–Crippen LogP) is 3.10. The molecule has 0 atom stereocenters. The van der Waals surface area contributed by atoms with Crippen LogP contribution in [0.3, 0.4) is 0 Å². The van der Waals surface area contributed by atoms with Gasteiger partial charge in [-0.15, -0.1) is 0 Å². The van der Waals surface area contributed by atoms with Crippen LogP contribution in [0.5, 0.6) is 0 Å². The molecule has 4 rings (SSSR count). The molecular formula is C20H15N5O. The Kier molecular flexibility index (Phi) is 4.04. The number of benzene rings is 2. The number of rotatable bonds is 5. The lowest BCUT2D eigenvalue weighted by Gasteiger charge is -2.01. The van der Waals surface area contributed by atoms with Crippen LogP contribution in [-0.4, -0.2) is 25.8 Å². The van der Waals surface area contributed by atoms with Crippen molar-refractivity contribution in [2.45, 2.75) is 13.0 Å². The highest BCUT2D eigenvalue weighted by atomic mass is 16.1. The number of carbonyl (C=O) groups excluding carboxylic acids is 1. The Hall–Kier alpha value is -3.72. The Morgan fingerprint density at radius 2 is 1.92 bits per heavy atom. The number of nitrogens with one attached hydrogen (secondary N) is 1. The Morgan fingerprint density at radius 3 is 2.73 bits per heavy atom. The van der Waals surface area contributed by atoms with Crippen molar-refractivity contribution in [1.82, 2.24) is 20.0 Å². The molecule has 4 aromatic rings. The standard InChI is InChI=1S/C20H15N5O/c21-10-14-5-7-15(8-6-14)12-25-13-16(11-22-25)9-19(26)20-17-3-1-2-4-18(17)23-24-20/h1-8,11,13H,9,12H2,(H,23,24). The molecule has 0 aliphatic heterocycles. The molecule has 26 heavy (non-hydrogen) atoms. The van der Waals surface area contributed by atoms with Crippen molar-refractivity contribution in [3.05, 3.63) is 83.3 Å². The van der Waals surface area contributed by atoms with Crippen LogP contribution >= 0.6 is 0 Å². The van der Waals surface area contributed by atoms with Gasteiger partial charge in [-0.2, -0.15) is 15.5 Å². The lowest BCUT2D eigenvalue weighted by atomic mass is 10.1. The summed E-state index contributed by atoms with van der Waals surface area (Å²) in [6.07, 6.45) is 3.82. The van der Waals surface area contributed by atoms with E-state index in [1.54, 1.807) is 23.0 Å². The largest absolute Gasteiger partial charge is 0.292 e. The number of para-hydroxylation sites is 1. The van der Waals surface area contributed by atoms with Gasteiger partial charge in [-0.3, -0.25) is 14.6 Å². The molecule has 126 valence electrons. The number of aromatic amines is 1. The molecule has 0 bridgehead atoms. The van der Waals surface area contributed by atoms with Crippen molar-refractivity contribution < 1.29 is 4.79 Å². The van der Waals surface area contributed by atoms with Crippen LogP contribution < -0.4 is 0 Å². The predicted molar refractivity (Wildman–Crippen MR) is 96.6 cm³/mol. The summed E-state index contributed by atoms with van der Waals surface area (Å²) < 4.78 is 1.78. The quantitative estimate of drug-likeness (QED) is 0.565. The number of nitriles is 1. The molecule has 0 aliphatic carbocycles. The van der Waals surface area contributed by atoms with Crippen LogP contribution in [0, 0.1) is 11.3 Å². The number of nitrogens with zero attached hydrogens (tertiary/aromatic N) is 4. The minimum Gasteiger partial charge on any atom is -0.292 e. The van der Waals surface area contributed by atoms with Gasteiger partial charge < -0.3 is 0 Å². The summed E-state index contributed by atoms with van der Waals surface area (Å²) in [4.78, 5) is 12.6. The number of aromatic nitrogens is 4. The first-order chi connectivity index (χ1) is 12.7. The van der Waals surface area contributed by atoms with Crippen molar-refractivity contribution in [3.63, 3.8) is 0 Å². The van der Waals surface area contributed by atoms with Gasteiger partial charge >= 0.3 is 0 Å². The van der Waals surface area contributed by atoms with E-state index < -0.39 is 0 Å². The highest BCUT2D eigenvalue weighted by Gasteiger charge is 2.15. The summed E-state index contributed by atoms with van der Waals surface area (Å²) >= 11 is 0. The highest BCUT2D eigenvalue weighted by molar-refractivity contribution is 6.06. The van der Waals surface area contributed by atoms with Crippen molar-refractivity contribution in [1.29, 1.82) is 5.26 Å². The molecule has 2 heterocycles. The van der Waals surface area contributed by atoms with E-state index in [1.165, 1.54) is 0 Å². The number of hydrogen-bond acceptors (Lipinski definition) is 4. The summed E-state index contributed by atoms with van der Waals surface area (Å²) in [5, 5.41) is 21.0. The average Bonchev–Trinajstić information content (AvgIpc) is 3.29. The SMILES string of the molecule is N#Cc1ccc(Cn2cc(CC(=O)c3n[nH]c4ccccc34)cn2)cc1. The fourth-order valence-electron chi connectivity index (χ4n) is 2.90. The number of Topliss-reactive ketones (excluding diaryl/α,β-unsaturated/α-hetero) is 1. The molecular weight excluding hydrogens is 326 g/mol. The van der Waals surface area contributed by atoms with Crippen LogP contribution in [0.15, 0.2) is 60.9 Å². The third-order valence-corrected chi connectivity index (χ3v) is 4.21. The molecule has 2 aromatic heterocycles. The first-order valence-corrected chi connectivity index (χ1v) is 8.19. The second kappa shape index (κ2) is 6.65. The summed E-state index contributed by atoms with van der Waals surface area (Å²) in [5.74, 6) is -0.0413. The van der Waals surface area contributed by atoms with E-state index in [0.29, 0.717) is 17.8 Å². The topological polar surface area (TPSA) is 87.4 Å². The second-order valence-electron chi connectivity index (χ2n) is 6.07. The van der Waals surface area contributed by atoms with Gasteiger partial charge in [-0.25, -0.2) is 0 Å². The Morgan fingerprint density at radius 1 is 1.12 bits per heavy atom. The molecule has 0 saturated carbocycles. The first-order valence-electron chi connectivity index (χ1n) is 8.19. The molecule has 2 aromatic carbocycles. The number of carbonyl (C=O) groups is 1.